The van der Waals surface area contributed by atoms with Gasteiger partial charge in [0.2, 0.25) is 11.8 Å². The predicted molar refractivity (Wildman–Crippen MR) is 94.9 cm³/mol. The summed E-state index contributed by atoms with van der Waals surface area (Å²) in [5, 5.41) is 10.1. The quantitative estimate of drug-likeness (QED) is 0.586. The summed E-state index contributed by atoms with van der Waals surface area (Å²) in [7, 11) is 1.49. The van der Waals surface area contributed by atoms with Crippen LogP contribution in [0.15, 0.2) is 24.7 Å². The first kappa shape index (κ1) is 20.5. The Labute approximate surface area is 167 Å². The molecule has 156 valence electrons. The number of primary amides is 1. The summed E-state index contributed by atoms with van der Waals surface area (Å²) in [5.41, 5.74) is 4.97. The first-order valence-corrected chi connectivity index (χ1v) is 8.22. The molecule has 0 fully saturated rings. The molecule has 0 spiro atoms. The van der Waals surface area contributed by atoms with Crippen molar-refractivity contribution in [3.8, 4) is 17.3 Å². The van der Waals surface area contributed by atoms with Crippen molar-refractivity contribution >= 4 is 18.0 Å². The minimum Gasteiger partial charge on any atom is -0.441 e. The van der Waals surface area contributed by atoms with Crippen LogP contribution >= 0.6 is 0 Å². The maximum atomic E-state index is 13.7. The number of anilines is 1. The predicted octanol–water partition coefficient (Wildman–Crippen LogP) is 1.71. The number of nitrogens with two attached hydrogens (primary N) is 1. The van der Waals surface area contributed by atoms with Crippen molar-refractivity contribution in [1.29, 1.82) is 0 Å². The molecule has 3 aromatic rings. The Bertz CT molecular complexity index is 1090. The van der Waals surface area contributed by atoms with Gasteiger partial charge in [-0.1, -0.05) is 5.21 Å². The average molecular weight is 420 g/mol. The number of hydrogen-bond acceptors (Lipinski definition) is 9. The number of carbonyl (C=O) groups is 2. The number of nitrogens with one attached hydrogen (secondary N) is 1. The number of amides is 2. The molecule has 0 unspecified atom stereocenters. The van der Waals surface area contributed by atoms with E-state index in [1.807, 2.05) is 0 Å². The van der Waals surface area contributed by atoms with E-state index in [-0.39, 0.29) is 28.6 Å². The molecule has 12 nitrogen and oxygen atoms in total. The smallest absolute Gasteiger partial charge is 0.413 e. The standard InChI is InChI=1S/C16H14F2N8O4/c1-7(9-3-8(17)4-22-13(9)18)29-16(28)23-14-12(24-25-26(14)2)10-5-21-11(6-20-10)30-15(19)27/h3-7H,1-2H3,(H2,19,27)(H,23,28)/t7-/m1/s1. The highest BCUT2D eigenvalue weighted by Gasteiger charge is 2.21. The highest BCUT2D eigenvalue weighted by molar-refractivity contribution is 5.88. The van der Waals surface area contributed by atoms with Crippen molar-refractivity contribution < 1.29 is 27.8 Å². The maximum Gasteiger partial charge on any atom is 0.413 e. The minimum atomic E-state index is -1.14. The normalized spacial score (nSPS) is 11.6. The van der Waals surface area contributed by atoms with E-state index < -0.39 is 30.1 Å². The first-order chi connectivity index (χ1) is 14.2. The zero-order valence-corrected chi connectivity index (χ0v) is 15.5. The molecule has 3 rings (SSSR count). The van der Waals surface area contributed by atoms with Crippen molar-refractivity contribution in [1.82, 2.24) is 29.9 Å². The molecule has 3 aromatic heterocycles. The molecular weight excluding hydrogens is 406 g/mol. The number of pyridine rings is 1. The van der Waals surface area contributed by atoms with Gasteiger partial charge < -0.3 is 15.2 Å². The maximum absolute atomic E-state index is 13.7. The van der Waals surface area contributed by atoms with Crippen LogP contribution in [-0.2, 0) is 11.8 Å². The van der Waals surface area contributed by atoms with Crippen LogP contribution in [-0.4, -0.2) is 42.1 Å². The number of hydrogen-bond donors (Lipinski definition) is 2. The van der Waals surface area contributed by atoms with E-state index in [0.29, 0.717) is 6.20 Å². The van der Waals surface area contributed by atoms with Gasteiger partial charge in [-0.3, -0.25) is 5.32 Å². The summed E-state index contributed by atoms with van der Waals surface area (Å²) < 4.78 is 37.9. The van der Waals surface area contributed by atoms with E-state index in [0.717, 1.165) is 12.3 Å². The van der Waals surface area contributed by atoms with Crippen LogP contribution in [0.1, 0.15) is 18.6 Å². The molecule has 30 heavy (non-hydrogen) atoms. The molecule has 0 aromatic carbocycles. The molecular formula is C16H14F2N8O4. The number of ether oxygens (including phenoxy) is 2. The zero-order chi connectivity index (χ0) is 21.8. The Morgan fingerprint density at radius 1 is 1.20 bits per heavy atom. The summed E-state index contributed by atoms with van der Waals surface area (Å²) in [6.07, 6.45) is -0.128. The number of aryl methyl sites for hydroxylation is 1. The van der Waals surface area contributed by atoms with Gasteiger partial charge in [0.05, 0.1) is 24.2 Å². The number of halogens is 2. The molecule has 2 amide bonds. The highest BCUT2D eigenvalue weighted by atomic mass is 19.1. The van der Waals surface area contributed by atoms with Gasteiger partial charge in [-0.05, 0) is 13.0 Å². The van der Waals surface area contributed by atoms with Crippen LogP contribution in [0.3, 0.4) is 0 Å². The minimum absolute atomic E-state index is 0.0860. The molecule has 0 aliphatic rings. The van der Waals surface area contributed by atoms with Crippen molar-refractivity contribution in [2.24, 2.45) is 12.8 Å². The van der Waals surface area contributed by atoms with Crippen LogP contribution in [0.5, 0.6) is 5.88 Å². The average Bonchev–Trinajstić information content (AvgIpc) is 3.04. The Balaban J connectivity index is 1.75. The highest BCUT2D eigenvalue weighted by Crippen LogP contribution is 2.25. The lowest BCUT2D eigenvalue weighted by Gasteiger charge is -2.14. The molecule has 0 saturated heterocycles. The first-order valence-electron chi connectivity index (χ1n) is 8.22. The summed E-state index contributed by atoms with van der Waals surface area (Å²) in [6, 6.07) is 0.878. The van der Waals surface area contributed by atoms with Gasteiger partial charge >= 0.3 is 12.2 Å². The van der Waals surface area contributed by atoms with Gasteiger partial charge in [-0.15, -0.1) is 5.10 Å². The number of nitrogens with zero attached hydrogens (tertiary/aromatic N) is 6. The second-order valence-electron chi connectivity index (χ2n) is 5.78. The molecule has 0 saturated carbocycles. The van der Waals surface area contributed by atoms with E-state index in [9.17, 15) is 18.4 Å². The van der Waals surface area contributed by atoms with E-state index in [2.05, 4.69) is 35.3 Å². The monoisotopic (exact) mass is 420 g/mol. The van der Waals surface area contributed by atoms with Crippen molar-refractivity contribution in [3.05, 3.63) is 42.0 Å². The van der Waals surface area contributed by atoms with Gasteiger partial charge in [-0.2, -0.15) is 4.39 Å². The number of aromatic nitrogens is 6. The van der Waals surface area contributed by atoms with Crippen LogP contribution in [0.25, 0.3) is 11.4 Å². The molecule has 0 radical (unpaired) electrons. The molecule has 0 aliphatic carbocycles. The third-order valence-corrected chi connectivity index (χ3v) is 3.68. The van der Waals surface area contributed by atoms with Gasteiger partial charge in [0.25, 0.3) is 0 Å². The molecule has 14 heteroatoms. The van der Waals surface area contributed by atoms with Crippen LogP contribution in [0, 0.1) is 11.8 Å². The Hall–Kier alpha value is -4.23. The SMILES string of the molecule is C[C@@H](OC(=O)Nc1c(-c2cnc(OC(N)=O)cn2)nnn1C)c1cc(F)cnc1F. The van der Waals surface area contributed by atoms with E-state index in [1.54, 1.807) is 0 Å². The lowest BCUT2D eigenvalue weighted by Crippen LogP contribution is -2.19. The lowest BCUT2D eigenvalue weighted by molar-refractivity contribution is 0.118. The Morgan fingerprint density at radius 2 is 1.97 bits per heavy atom. The van der Waals surface area contributed by atoms with Crippen molar-refractivity contribution in [2.45, 2.75) is 13.0 Å². The number of carbonyl (C=O) groups excluding carboxylic acids is 2. The van der Waals surface area contributed by atoms with Crippen LogP contribution < -0.4 is 15.8 Å². The summed E-state index contributed by atoms with van der Waals surface area (Å²) in [4.78, 5) is 34.1. The fourth-order valence-electron chi connectivity index (χ4n) is 2.34. The van der Waals surface area contributed by atoms with Crippen molar-refractivity contribution in [3.63, 3.8) is 0 Å². The lowest BCUT2D eigenvalue weighted by atomic mass is 10.2. The Kier molecular flexibility index (Phi) is 5.75. The second kappa shape index (κ2) is 8.42. The van der Waals surface area contributed by atoms with Crippen LogP contribution in [0.4, 0.5) is 24.2 Å². The van der Waals surface area contributed by atoms with Gasteiger partial charge in [0, 0.05) is 7.05 Å². The molecule has 3 N–H and O–H groups in total. The molecule has 0 aliphatic heterocycles. The largest absolute Gasteiger partial charge is 0.441 e. The fourth-order valence-corrected chi connectivity index (χ4v) is 2.34. The second-order valence-corrected chi connectivity index (χ2v) is 5.78. The zero-order valence-electron chi connectivity index (χ0n) is 15.5. The Morgan fingerprint density at radius 3 is 2.63 bits per heavy atom. The van der Waals surface area contributed by atoms with E-state index >= 15 is 0 Å². The summed E-state index contributed by atoms with van der Waals surface area (Å²) in [5.74, 6) is -1.79. The third-order valence-electron chi connectivity index (χ3n) is 3.68. The topological polar surface area (TPSA) is 160 Å². The molecule has 0 bridgehead atoms. The van der Waals surface area contributed by atoms with Crippen molar-refractivity contribution in [2.75, 3.05) is 5.32 Å². The summed E-state index contributed by atoms with van der Waals surface area (Å²) >= 11 is 0. The van der Waals surface area contributed by atoms with Crippen LogP contribution in [0.2, 0.25) is 0 Å². The van der Waals surface area contributed by atoms with Gasteiger partial charge in [-0.25, -0.2) is 33.6 Å². The number of rotatable bonds is 5. The van der Waals surface area contributed by atoms with E-state index in [4.69, 9.17) is 10.5 Å². The van der Waals surface area contributed by atoms with E-state index in [1.165, 1.54) is 24.9 Å². The van der Waals surface area contributed by atoms with Gasteiger partial charge in [0.1, 0.15) is 17.6 Å². The molecule has 3 heterocycles. The van der Waals surface area contributed by atoms with Gasteiger partial charge in [0.15, 0.2) is 11.5 Å². The third kappa shape index (κ3) is 4.60. The molecule has 1 atom stereocenters. The summed E-state index contributed by atoms with van der Waals surface area (Å²) in [6.45, 7) is 1.35. The fraction of sp³-hybridized carbons (Fsp3) is 0.188.